The monoisotopic (exact) mass is 176 g/mol. The molecule has 0 saturated carbocycles. The van der Waals surface area contributed by atoms with E-state index < -0.39 is 0 Å². The average molecular weight is 176 g/mol. The molecule has 13 heavy (non-hydrogen) atoms. The van der Waals surface area contributed by atoms with Crippen LogP contribution in [0.15, 0.2) is 18.2 Å². The molecule has 70 valence electrons. The number of hydrogen-bond donors (Lipinski definition) is 1. The standard InChI is InChI=1S/C11H16N2/c1-8-6-10-9(7-12)4-3-5-11(10)13(8)2/h3-5,8H,6-7,12H2,1-2H3. The number of nitrogens with zero attached hydrogens (tertiary/aromatic N) is 1. The van der Waals surface area contributed by atoms with E-state index in [2.05, 4.69) is 37.1 Å². The molecule has 0 fully saturated rings. The molecule has 1 aliphatic rings. The lowest BCUT2D eigenvalue weighted by Gasteiger charge is -2.18. The summed E-state index contributed by atoms with van der Waals surface area (Å²) in [5.74, 6) is 0. The van der Waals surface area contributed by atoms with Gasteiger partial charge in [0.2, 0.25) is 0 Å². The van der Waals surface area contributed by atoms with Gasteiger partial charge in [-0.2, -0.15) is 0 Å². The van der Waals surface area contributed by atoms with Gasteiger partial charge in [0, 0.05) is 25.3 Å². The Bertz CT molecular complexity index is 320. The summed E-state index contributed by atoms with van der Waals surface area (Å²) in [6.07, 6.45) is 1.14. The lowest BCUT2D eigenvalue weighted by Crippen LogP contribution is -2.23. The number of benzene rings is 1. The molecule has 1 unspecified atom stereocenters. The molecule has 2 heteroatoms. The second kappa shape index (κ2) is 3.04. The van der Waals surface area contributed by atoms with Crippen molar-refractivity contribution in [1.82, 2.24) is 0 Å². The van der Waals surface area contributed by atoms with Gasteiger partial charge in [0.25, 0.3) is 0 Å². The molecular weight excluding hydrogens is 160 g/mol. The molecule has 1 aromatic rings. The molecule has 2 nitrogen and oxygen atoms in total. The zero-order chi connectivity index (χ0) is 9.42. The van der Waals surface area contributed by atoms with Gasteiger partial charge in [-0.15, -0.1) is 0 Å². The lowest BCUT2D eigenvalue weighted by molar-refractivity contribution is 0.729. The van der Waals surface area contributed by atoms with Crippen molar-refractivity contribution >= 4 is 5.69 Å². The summed E-state index contributed by atoms with van der Waals surface area (Å²) in [6.45, 7) is 2.91. The molecule has 1 aliphatic heterocycles. The van der Waals surface area contributed by atoms with E-state index in [9.17, 15) is 0 Å². The third-order valence-corrected chi connectivity index (χ3v) is 3.01. The van der Waals surface area contributed by atoms with Crippen molar-refractivity contribution < 1.29 is 0 Å². The number of anilines is 1. The smallest absolute Gasteiger partial charge is 0.0402 e. The van der Waals surface area contributed by atoms with E-state index in [1.54, 1.807) is 0 Å². The minimum atomic E-state index is 0.614. The fourth-order valence-electron chi connectivity index (χ4n) is 2.05. The Balaban J connectivity index is 2.49. The highest BCUT2D eigenvalue weighted by molar-refractivity contribution is 5.61. The Morgan fingerprint density at radius 1 is 1.54 bits per heavy atom. The van der Waals surface area contributed by atoms with Gasteiger partial charge in [0.15, 0.2) is 0 Å². The van der Waals surface area contributed by atoms with Gasteiger partial charge in [-0.05, 0) is 30.5 Å². The fourth-order valence-corrected chi connectivity index (χ4v) is 2.05. The Labute approximate surface area is 79.4 Å². The summed E-state index contributed by atoms with van der Waals surface area (Å²) in [5, 5.41) is 0. The Morgan fingerprint density at radius 2 is 2.31 bits per heavy atom. The second-order valence-electron chi connectivity index (χ2n) is 3.78. The largest absolute Gasteiger partial charge is 0.371 e. The quantitative estimate of drug-likeness (QED) is 0.703. The first kappa shape index (κ1) is 8.57. The molecule has 0 aromatic heterocycles. The van der Waals surface area contributed by atoms with Crippen LogP contribution in [-0.2, 0) is 13.0 Å². The summed E-state index contributed by atoms with van der Waals surface area (Å²) in [5.41, 5.74) is 9.80. The molecule has 0 aliphatic carbocycles. The first-order chi connectivity index (χ1) is 6.24. The summed E-state index contributed by atoms with van der Waals surface area (Å²) in [7, 11) is 2.15. The minimum Gasteiger partial charge on any atom is -0.371 e. The first-order valence-electron chi connectivity index (χ1n) is 4.77. The van der Waals surface area contributed by atoms with E-state index in [4.69, 9.17) is 5.73 Å². The highest BCUT2D eigenvalue weighted by Crippen LogP contribution is 2.32. The molecule has 1 atom stereocenters. The van der Waals surface area contributed by atoms with E-state index in [1.807, 2.05) is 0 Å². The van der Waals surface area contributed by atoms with Gasteiger partial charge in [0.05, 0.1) is 0 Å². The predicted octanol–water partition coefficient (Wildman–Crippen LogP) is 1.53. The van der Waals surface area contributed by atoms with Crippen LogP contribution in [-0.4, -0.2) is 13.1 Å². The fraction of sp³-hybridized carbons (Fsp3) is 0.455. The van der Waals surface area contributed by atoms with Crippen molar-refractivity contribution in [3.05, 3.63) is 29.3 Å². The summed E-state index contributed by atoms with van der Waals surface area (Å²) in [6, 6.07) is 7.01. The van der Waals surface area contributed by atoms with Gasteiger partial charge < -0.3 is 10.6 Å². The van der Waals surface area contributed by atoms with E-state index >= 15 is 0 Å². The minimum absolute atomic E-state index is 0.614. The van der Waals surface area contributed by atoms with Crippen LogP contribution in [0.5, 0.6) is 0 Å². The molecule has 1 aromatic carbocycles. The zero-order valence-corrected chi connectivity index (χ0v) is 8.25. The van der Waals surface area contributed by atoms with Crippen LogP contribution >= 0.6 is 0 Å². The number of fused-ring (bicyclic) bond motifs is 1. The van der Waals surface area contributed by atoms with E-state index in [0.717, 1.165) is 6.42 Å². The Kier molecular flexibility index (Phi) is 2.00. The summed E-state index contributed by atoms with van der Waals surface area (Å²) in [4.78, 5) is 2.33. The molecular formula is C11H16N2. The van der Waals surface area contributed by atoms with Gasteiger partial charge in [-0.1, -0.05) is 12.1 Å². The summed E-state index contributed by atoms with van der Waals surface area (Å²) < 4.78 is 0. The molecule has 0 bridgehead atoms. The molecule has 2 N–H and O–H groups in total. The van der Waals surface area contributed by atoms with Crippen molar-refractivity contribution in [2.45, 2.75) is 25.9 Å². The van der Waals surface area contributed by atoms with Gasteiger partial charge in [-0.3, -0.25) is 0 Å². The van der Waals surface area contributed by atoms with E-state index in [-0.39, 0.29) is 0 Å². The normalized spacial score (nSPS) is 20.5. The van der Waals surface area contributed by atoms with Gasteiger partial charge >= 0.3 is 0 Å². The van der Waals surface area contributed by atoms with Gasteiger partial charge in [0.1, 0.15) is 0 Å². The third-order valence-electron chi connectivity index (χ3n) is 3.01. The maximum Gasteiger partial charge on any atom is 0.0402 e. The van der Waals surface area contributed by atoms with Crippen LogP contribution in [0.1, 0.15) is 18.1 Å². The molecule has 0 saturated heterocycles. The highest BCUT2D eigenvalue weighted by atomic mass is 15.1. The number of rotatable bonds is 1. The molecule has 0 spiro atoms. The molecule has 0 radical (unpaired) electrons. The maximum atomic E-state index is 5.70. The van der Waals surface area contributed by atoms with Crippen molar-refractivity contribution in [3.8, 4) is 0 Å². The lowest BCUT2D eigenvalue weighted by atomic mass is 10.0. The maximum absolute atomic E-state index is 5.70. The molecule has 0 amide bonds. The average Bonchev–Trinajstić information content (AvgIpc) is 2.43. The highest BCUT2D eigenvalue weighted by Gasteiger charge is 2.23. The van der Waals surface area contributed by atoms with Crippen LogP contribution in [0, 0.1) is 0 Å². The molecule has 1 heterocycles. The van der Waals surface area contributed by atoms with Crippen molar-refractivity contribution in [2.75, 3.05) is 11.9 Å². The summed E-state index contributed by atoms with van der Waals surface area (Å²) >= 11 is 0. The Morgan fingerprint density at radius 3 is 3.00 bits per heavy atom. The zero-order valence-electron chi connectivity index (χ0n) is 8.25. The van der Waals surface area contributed by atoms with Crippen molar-refractivity contribution in [1.29, 1.82) is 0 Å². The number of hydrogen-bond acceptors (Lipinski definition) is 2. The van der Waals surface area contributed by atoms with Gasteiger partial charge in [-0.25, -0.2) is 0 Å². The number of likely N-dealkylation sites (N-methyl/N-ethyl adjacent to an activating group) is 1. The SMILES string of the molecule is CC1Cc2c(CN)cccc2N1C. The number of nitrogens with two attached hydrogens (primary N) is 1. The van der Waals surface area contributed by atoms with Crippen LogP contribution in [0.2, 0.25) is 0 Å². The van der Waals surface area contributed by atoms with Crippen molar-refractivity contribution in [3.63, 3.8) is 0 Å². The third kappa shape index (κ3) is 1.22. The van der Waals surface area contributed by atoms with Crippen LogP contribution in [0.4, 0.5) is 5.69 Å². The molecule has 2 rings (SSSR count). The first-order valence-corrected chi connectivity index (χ1v) is 4.77. The van der Waals surface area contributed by atoms with Crippen LogP contribution in [0.25, 0.3) is 0 Å². The van der Waals surface area contributed by atoms with Crippen molar-refractivity contribution in [2.24, 2.45) is 5.73 Å². The Hall–Kier alpha value is -1.02. The second-order valence-corrected chi connectivity index (χ2v) is 3.78. The van der Waals surface area contributed by atoms with Crippen LogP contribution in [0.3, 0.4) is 0 Å². The van der Waals surface area contributed by atoms with E-state index in [1.165, 1.54) is 16.8 Å². The van der Waals surface area contributed by atoms with E-state index in [0.29, 0.717) is 12.6 Å². The predicted molar refractivity (Wildman–Crippen MR) is 55.9 cm³/mol. The topological polar surface area (TPSA) is 29.3 Å². The van der Waals surface area contributed by atoms with Crippen LogP contribution < -0.4 is 10.6 Å².